The lowest BCUT2D eigenvalue weighted by Gasteiger charge is -2.22. The third kappa shape index (κ3) is 3.89. The molecule has 0 radical (unpaired) electrons. The van der Waals surface area contributed by atoms with Crippen LogP contribution in [0.1, 0.15) is 32.1 Å². The number of ether oxygens (including phenoxy) is 2. The molecule has 1 aromatic heterocycles. The molecule has 1 saturated carbocycles. The molecule has 7 nitrogen and oxygen atoms in total. The molecule has 0 saturated heterocycles. The second kappa shape index (κ2) is 7.35. The highest BCUT2D eigenvalue weighted by Gasteiger charge is 2.18. The standard InChI is InChI=1S/C17H19N3O4S/c21-15(18-12-4-2-1-3-5-12)9-25-17-20-19-16(24-17)11-6-7-13-14(8-11)23-10-22-13/h6-8,12H,1-5,9-10H2,(H,18,21). The van der Waals surface area contributed by atoms with Crippen molar-refractivity contribution in [2.45, 2.75) is 43.4 Å². The second-order valence-electron chi connectivity index (χ2n) is 6.13. The van der Waals surface area contributed by atoms with Gasteiger partial charge in [0.2, 0.25) is 18.6 Å². The number of amides is 1. The van der Waals surface area contributed by atoms with E-state index in [4.69, 9.17) is 13.9 Å². The zero-order chi connectivity index (χ0) is 17.1. The molecule has 2 heterocycles. The molecular formula is C17H19N3O4S. The van der Waals surface area contributed by atoms with E-state index < -0.39 is 0 Å². The predicted octanol–water partition coefficient (Wildman–Crippen LogP) is 3.01. The van der Waals surface area contributed by atoms with E-state index in [2.05, 4.69) is 15.5 Å². The van der Waals surface area contributed by atoms with E-state index in [9.17, 15) is 4.79 Å². The van der Waals surface area contributed by atoms with Gasteiger partial charge in [-0.05, 0) is 31.0 Å². The van der Waals surface area contributed by atoms with E-state index in [-0.39, 0.29) is 18.5 Å². The number of benzene rings is 1. The number of hydrogen-bond donors (Lipinski definition) is 1. The second-order valence-corrected chi connectivity index (χ2v) is 7.06. The maximum absolute atomic E-state index is 12.0. The largest absolute Gasteiger partial charge is 0.454 e. The van der Waals surface area contributed by atoms with Crippen LogP contribution in [0.3, 0.4) is 0 Å². The highest BCUT2D eigenvalue weighted by Crippen LogP contribution is 2.36. The number of thioether (sulfide) groups is 1. The molecule has 1 aliphatic heterocycles. The molecule has 25 heavy (non-hydrogen) atoms. The Balaban J connectivity index is 1.33. The number of nitrogens with zero attached hydrogens (tertiary/aromatic N) is 2. The predicted molar refractivity (Wildman–Crippen MR) is 91.6 cm³/mol. The molecule has 1 aliphatic carbocycles. The lowest BCUT2D eigenvalue weighted by molar-refractivity contribution is -0.119. The summed E-state index contributed by atoms with van der Waals surface area (Å²) in [4.78, 5) is 12.0. The Morgan fingerprint density at radius 2 is 2.00 bits per heavy atom. The number of nitrogens with one attached hydrogen (secondary N) is 1. The summed E-state index contributed by atoms with van der Waals surface area (Å²) in [6, 6.07) is 5.77. The molecule has 1 amide bonds. The summed E-state index contributed by atoms with van der Waals surface area (Å²) in [6.07, 6.45) is 5.81. The number of rotatable bonds is 5. The highest BCUT2D eigenvalue weighted by molar-refractivity contribution is 7.99. The lowest BCUT2D eigenvalue weighted by atomic mass is 9.95. The maximum atomic E-state index is 12.0. The molecule has 0 atom stereocenters. The Bertz CT molecular complexity index is 758. The van der Waals surface area contributed by atoms with Gasteiger partial charge in [-0.2, -0.15) is 0 Å². The van der Waals surface area contributed by atoms with Gasteiger partial charge in [0, 0.05) is 11.6 Å². The van der Waals surface area contributed by atoms with Crippen molar-refractivity contribution in [1.29, 1.82) is 0 Å². The fraction of sp³-hybridized carbons (Fsp3) is 0.471. The Hall–Kier alpha value is -2.22. The summed E-state index contributed by atoms with van der Waals surface area (Å²) >= 11 is 1.25. The van der Waals surface area contributed by atoms with Crippen LogP contribution in [0.4, 0.5) is 0 Å². The third-order valence-electron chi connectivity index (χ3n) is 4.32. The monoisotopic (exact) mass is 361 g/mol. The molecule has 132 valence electrons. The van der Waals surface area contributed by atoms with Crippen molar-refractivity contribution < 1.29 is 18.7 Å². The zero-order valence-corrected chi connectivity index (χ0v) is 14.5. The van der Waals surface area contributed by atoms with Gasteiger partial charge in [0.25, 0.3) is 5.22 Å². The summed E-state index contributed by atoms with van der Waals surface area (Å²) < 4.78 is 16.3. The minimum atomic E-state index is 0.0136. The minimum Gasteiger partial charge on any atom is -0.454 e. The molecule has 1 aromatic carbocycles. The maximum Gasteiger partial charge on any atom is 0.277 e. The Morgan fingerprint density at radius 3 is 2.88 bits per heavy atom. The SMILES string of the molecule is O=C(CSc1nnc(-c2ccc3c(c2)OCO3)o1)NC1CCCCC1. The van der Waals surface area contributed by atoms with Gasteiger partial charge in [-0.3, -0.25) is 4.79 Å². The molecule has 2 aliphatic rings. The Morgan fingerprint density at radius 1 is 1.16 bits per heavy atom. The Labute approximate surface area is 149 Å². The highest BCUT2D eigenvalue weighted by atomic mass is 32.2. The van der Waals surface area contributed by atoms with Gasteiger partial charge in [-0.25, -0.2) is 0 Å². The van der Waals surface area contributed by atoms with Crippen LogP contribution in [-0.2, 0) is 4.79 Å². The lowest BCUT2D eigenvalue weighted by Crippen LogP contribution is -2.37. The van der Waals surface area contributed by atoms with Gasteiger partial charge >= 0.3 is 0 Å². The first-order valence-corrected chi connectivity index (χ1v) is 9.42. The normalized spacial score (nSPS) is 16.8. The van der Waals surface area contributed by atoms with Crippen LogP contribution in [-0.4, -0.2) is 34.7 Å². The number of aromatic nitrogens is 2. The average molecular weight is 361 g/mol. The summed E-state index contributed by atoms with van der Waals surface area (Å²) in [5.41, 5.74) is 0.759. The van der Waals surface area contributed by atoms with Crippen LogP contribution < -0.4 is 14.8 Å². The third-order valence-corrected chi connectivity index (χ3v) is 5.14. The first-order valence-electron chi connectivity index (χ1n) is 8.43. The van der Waals surface area contributed by atoms with Gasteiger partial charge in [0.05, 0.1) is 5.75 Å². The van der Waals surface area contributed by atoms with Crippen molar-refractivity contribution in [3.8, 4) is 23.0 Å². The van der Waals surface area contributed by atoms with Gasteiger partial charge in [0.15, 0.2) is 11.5 Å². The summed E-state index contributed by atoms with van der Waals surface area (Å²) in [6.45, 7) is 0.222. The van der Waals surface area contributed by atoms with Crippen molar-refractivity contribution in [2.24, 2.45) is 0 Å². The smallest absolute Gasteiger partial charge is 0.277 e. The van der Waals surface area contributed by atoms with E-state index in [1.807, 2.05) is 12.1 Å². The first-order chi connectivity index (χ1) is 12.3. The number of fused-ring (bicyclic) bond motifs is 1. The van der Waals surface area contributed by atoms with Crippen molar-refractivity contribution in [3.05, 3.63) is 18.2 Å². The van der Waals surface area contributed by atoms with Gasteiger partial charge in [-0.15, -0.1) is 10.2 Å². The van der Waals surface area contributed by atoms with Crippen LogP contribution in [0.25, 0.3) is 11.5 Å². The van der Waals surface area contributed by atoms with Crippen molar-refractivity contribution in [2.75, 3.05) is 12.5 Å². The minimum absolute atomic E-state index is 0.0136. The molecule has 8 heteroatoms. The van der Waals surface area contributed by atoms with E-state index in [1.54, 1.807) is 6.07 Å². The molecule has 1 fully saturated rings. The van der Waals surface area contributed by atoms with Gasteiger partial charge < -0.3 is 19.2 Å². The number of hydrogen-bond acceptors (Lipinski definition) is 7. The molecule has 1 N–H and O–H groups in total. The topological polar surface area (TPSA) is 86.5 Å². The molecule has 2 aromatic rings. The molecule has 4 rings (SSSR count). The Kier molecular flexibility index (Phi) is 4.78. The summed E-state index contributed by atoms with van der Waals surface area (Å²) in [7, 11) is 0. The van der Waals surface area contributed by atoms with Crippen molar-refractivity contribution in [3.63, 3.8) is 0 Å². The zero-order valence-electron chi connectivity index (χ0n) is 13.7. The van der Waals surface area contributed by atoms with Gasteiger partial charge in [-0.1, -0.05) is 31.0 Å². The van der Waals surface area contributed by atoms with E-state index in [0.29, 0.717) is 28.7 Å². The molecule has 0 bridgehead atoms. The quantitative estimate of drug-likeness (QED) is 0.819. The van der Waals surface area contributed by atoms with Crippen molar-refractivity contribution in [1.82, 2.24) is 15.5 Å². The van der Waals surface area contributed by atoms with E-state index >= 15 is 0 Å². The average Bonchev–Trinajstić information content (AvgIpc) is 3.29. The van der Waals surface area contributed by atoms with E-state index in [1.165, 1.54) is 31.0 Å². The first kappa shape index (κ1) is 16.3. The summed E-state index contributed by atoms with van der Waals surface area (Å²) in [5, 5.41) is 11.5. The van der Waals surface area contributed by atoms with Crippen LogP contribution in [0, 0.1) is 0 Å². The summed E-state index contributed by atoms with van der Waals surface area (Å²) in [5.74, 6) is 2.06. The molecule has 0 spiro atoms. The van der Waals surface area contributed by atoms with E-state index in [0.717, 1.165) is 18.4 Å². The number of carbonyl (C=O) groups is 1. The molecule has 0 unspecified atom stereocenters. The van der Waals surface area contributed by atoms with Crippen LogP contribution >= 0.6 is 11.8 Å². The van der Waals surface area contributed by atoms with Crippen LogP contribution in [0.15, 0.2) is 27.8 Å². The fourth-order valence-corrected chi connectivity index (χ4v) is 3.63. The van der Waals surface area contributed by atoms with Crippen LogP contribution in [0.2, 0.25) is 0 Å². The fourth-order valence-electron chi connectivity index (χ4n) is 3.06. The molecular weight excluding hydrogens is 342 g/mol. The van der Waals surface area contributed by atoms with Crippen LogP contribution in [0.5, 0.6) is 11.5 Å². The van der Waals surface area contributed by atoms with Crippen molar-refractivity contribution >= 4 is 17.7 Å². The number of carbonyl (C=O) groups excluding carboxylic acids is 1. The van der Waals surface area contributed by atoms with Gasteiger partial charge in [0.1, 0.15) is 0 Å².